The van der Waals surface area contributed by atoms with Gasteiger partial charge in [-0.3, -0.25) is 0 Å². The maximum absolute atomic E-state index is 10.2. The number of rotatable bonds is 3. The molecule has 2 nitrogen and oxygen atoms in total. The van der Waals surface area contributed by atoms with E-state index in [1.54, 1.807) is 11.3 Å². The number of thiophene rings is 1. The number of hydrogen-bond acceptors (Lipinski definition) is 3. The van der Waals surface area contributed by atoms with Crippen molar-refractivity contribution in [2.75, 3.05) is 5.73 Å². The molecule has 0 saturated heterocycles. The average molecular weight is 261 g/mol. The molecule has 3 heteroatoms. The van der Waals surface area contributed by atoms with E-state index in [-0.39, 0.29) is 0 Å². The molecule has 0 radical (unpaired) electrons. The minimum atomic E-state index is -0.465. The Morgan fingerprint density at radius 1 is 1.17 bits per heavy atom. The third-order valence-corrected chi connectivity index (χ3v) is 4.48. The first kappa shape index (κ1) is 13.1. The zero-order valence-electron chi connectivity index (χ0n) is 11.0. The van der Waals surface area contributed by atoms with Gasteiger partial charge in [0.15, 0.2) is 0 Å². The van der Waals surface area contributed by atoms with E-state index in [9.17, 15) is 5.11 Å². The van der Waals surface area contributed by atoms with Gasteiger partial charge in [0, 0.05) is 21.9 Å². The van der Waals surface area contributed by atoms with Crippen LogP contribution in [0.1, 0.15) is 32.5 Å². The Hall–Kier alpha value is -1.32. The molecule has 18 heavy (non-hydrogen) atoms. The maximum Gasteiger partial charge on any atom is 0.0923 e. The van der Waals surface area contributed by atoms with Gasteiger partial charge in [0.05, 0.1) is 6.10 Å². The second-order valence-electron chi connectivity index (χ2n) is 4.75. The van der Waals surface area contributed by atoms with Gasteiger partial charge in [-0.2, -0.15) is 0 Å². The standard InChI is InChI=1S/C15H19NOS/c1-9-4-6-12(15(16)11(9)3)8-13(17)14-7-5-10(2)18-14/h4-7,13,17H,8,16H2,1-3H3. The summed E-state index contributed by atoms with van der Waals surface area (Å²) in [5.41, 5.74) is 10.2. The smallest absolute Gasteiger partial charge is 0.0923 e. The molecule has 2 rings (SSSR count). The molecule has 0 bridgehead atoms. The maximum atomic E-state index is 10.2. The van der Waals surface area contributed by atoms with Crippen molar-refractivity contribution in [1.82, 2.24) is 0 Å². The van der Waals surface area contributed by atoms with E-state index in [1.165, 1.54) is 10.4 Å². The van der Waals surface area contributed by atoms with Gasteiger partial charge >= 0.3 is 0 Å². The highest BCUT2D eigenvalue weighted by Gasteiger charge is 2.13. The van der Waals surface area contributed by atoms with Crippen molar-refractivity contribution in [2.24, 2.45) is 0 Å². The number of aryl methyl sites for hydroxylation is 2. The second kappa shape index (κ2) is 5.12. The van der Waals surface area contributed by atoms with E-state index in [1.807, 2.05) is 32.0 Å². The lowest BCUT2D eigenvalue weighted by Crippen LogP contribution is -2.05. The van der Waals surface area contributed by atoms with Crippen LogP contribution in [-0.4, -0.2) is 5.11 Å². The number of nitrogens with two attached hydrogens (primary N) is 1. The molecule has 0 spiro atoms. The fourth-order valence-electron chi connectivity index (χ4n) is 2.01. The van der Waals surface area contributed by atoms with Gasteiger partial charge in [0.2, 0.25) is 0 Å². The Bertz CT molecular complexity index is 560. The molecule has 2 aromatic rings. The molecule has 1 aromatic carbocycles. The number of aliphatic hydroxyl groups is 1. The monoisotopic (exact) mass is 261 g/mol. The van der Waals surface area contributed by atoms with Gasteiger partial charge in [-0.15, -0.1) is 11.3 Å². The van der Waals surface area contributed by atoms with Crippen LogP contribution in [0.4, 0.5) is 5.69 Å². The zero-order chi connectivity index (χ0) is 13.3. The summed E-state index contributed by atoms with van der Waals surface area (Å²) < 4.78 is 0. The molecule has 0 aliphatic heterocycles. The van der Waals surface area contributed by atoms with E-state index in [2.05, 4.69) is 13.0 Å². The first-order valence-electron chi connectivity index (χ1n) is 6.08. The summed E-state index contributed by atoms with van der Waals surface area (Å²) >= 11 is 1.64. The van der Waals surface area contributed by atoms with E-state index in [0.29, 0.717) is 6.42 Å². The van der Waals surface area contributed by atoms with Crippen LogP contribution in [0.5, 0.6) is 0 Å². The van der Waals surface area contributed by atoms with Crippen LogP contribution in [0.25, 0.3) is 0 Å². The van der Waals surface area contributed by atoms with Gasteiger partial charge < -0.3 is 10.8 Å². The average Bonchev–Trinajstić information content (AvgIpc) is 2.77. The van der Waals surface area contributed by atoms with E-state index < -0.39 is 6.10 Å². The summed E-state index contributed by atoms with van der Waals surface area (Å²) in [4.78, 5) is 2.22. The largest absolute Gasteiger partial charge is 0.398 e. The van der Waals surface area contributed by atoms with Crippen LogP contribution in [0.3, 0.4) is 0 Å². The lowest BCUT2D eigenvalue weighted by molar-refractivity contribution is 0.182. The summed E-state index contributed by atoms with van der Waals surface area (Å²) in [7, 11) is 0. The third-order valence-electron chi connectivity index (χ3n) is 3.38. The lowest BCUT2D eigenvalue weighted by Gasteiger charge is -2.14. The molecular weight excluding hydrogens is 242 g/mol. The molecule has 0 fully saturated rings. The van der Waals surface area contributed by atoms with Gasteiger partial charge in [-0.25, -0.2) is 0 Å². The quantitative estimate of drug-likeness (QED) is 0.830. The van der Waals surface area contributed by atoms with Crippen LogP contribution in [-0.2, 0) is 6.42 Å². The van der Waals surface area contributed by atoms with Crippen molar-refractivity contribution in [3.8, 4) is 0 Å². The Morgan fingerprint density at radius 3 is 2.50 bits per heavy atom. The zero-order valence-corrected chi connectivity index (χ0v) is 11.8. The van der Waals surface area contributed by atoms with Gasteiger partial charge in [-0.1, -0.05) is 12.1 Å². The first-order valence-corrected chi connectivity index (χ1v) is 6.89. The van der Waals surface area contributed by atoms with E-state index in [0.717, 1.165) is 21.7 Å². The normalized spacial score (nSPS) is 12.7. The van der Waals surface area contributed by atoms with Crippen LogP contribution >= 0.6 is 11.3 Å². The Morgan fingerprint density at radius 2 is 1.89 bits per heavy atom. The Balaban J connectivity index is 2.22. The van der Waals surface area contributed by atoms with Crippen molar-refractivity contribution in [3.05, 3.63) is 50.7 Å². The SMILES string of the molecule is Cc1ccc(C(O)Cc2ccc(C)c(C)c2N)s1. The predicted molar refractivity (Wildman–Crippen MR) is 78.0 cm³/mol. The fraction of sp³-hybridized carbons (Fsp3) is 0.333. The number of aliphatic hydroxyl groups excluding tert-OH is 1. The molecule has 96 valence electrons. The first-order chi connectivity index (χ1) is 8.49. The summed E-state index contributed by atoms with van der Waals surface area (Å²) in [6.45, 7) is 6.12. The summed E-state index contributed by atoms with van der Waals surface area (Å²) in [5.74, 6) is 0. The van der Waals surface area contributed by atoms with Crippen molar-refractivity contribution in [3.63, 3.8) is 0 Å². The molecule has 0 saturated carbocycles. The molecule has 0 amide bonds. The number of benzene rings is 1. The molecule has 3 N–H and O–H groups in total. The molecule has 1 aromatic heterocycles. The summed E-state index contributed by atoms with van der Waals surface area (Å²) in [6.07, 6.45) is 0.112. The highest BCUT2D eigenvalue weighted by atomic mass is 32.1. The molecular formula is C15H19NOS. The fourth-order valence-corrected chi connectivity index (χ4v) is 2.88. The van der Waals surface area contributed by atoms with Crippen molar-refractivity contribution < 1.29 is 5.11 Å². The van der Waals surface area contributed by atoms with Crippen molar-refractivity contribution >= 4 is 17.0 Å². The molecule has 0 aliphatic rings. The molecule has 1 atom stereocenters. The predicted octanol–water partition coefficient (Wildman–Crippen LogP) is 3.53. The number of anilines is 1. The summed E-state index contributed by atoms with van der Waals surface area (Å²) in [5, 5.41) is 10.2. The Labute approximate surface area is 112 Å². The number of hydrogen-bond donors (Lipinski definition) is 2. The van der Waals surface area contributed by atoms with E-state index in [4.69, 9.17) is 5.73 Å². The van der Waals surface area contributed by atoms with Crippen LogP contribution in [0.2, 0.25) is 0 Å². The van der Waals surface area contributed by atoms with Crippen LogP contribution < -0.4 is 5.73 Å². The minimum Gasteiger partial charge on any atom is -0.398 e. The van der Waals surface area contributed by atoms with Gasteiger partial charge in [0.1, 0.15) is 0 Å². The third kappa shape index (κ3) is 2.57. The highest BCUT2D eigenvalue weighted by Crippen LogP contribution is 2.29. The topological polar surface area (TPSA) is 46.2 Å². The van der Waals surface area contributed by atoms with Crippen molar-refractivity contribution in [2.45, 2.75) is 33.3 Å². The highest BCUT2D eigenvalue weighted by molar-refractivity contribution is 7.12. The van der Waals surface area contributed by atoms with Gasteiger partial charge in [0.25, 0.3) is 0 Å². The minimum absolute atomic E-state index is 0.465. The molecule has 0 aliphatic carbocycles. The lowest BCUT2D eigenvalue weighted by atomic mass is 9.99. The van der Waals surface area contributed by atoms with Crippen molar-refractivity contribution in [1.29, 1.82) is 0 Å². The van der Waals surface area contributed by atoms with E-state index >= 15 is 0 Å². The van der Waals surface area contributed by atoms with Crippen LogP contribution in [0.15, 0.2) is 24.3 Å². The van der Waals surface area contributed by atoms with Gasteiger partial charge in [-0.05, 0) is 49.6 Å². The summed E-state index contributed by atoms with van der Waals surface area (Å²) in [6, 6.07) is 8.10. The molecule has 1 heterocycles. The molecule has 1 unspecified atom stereocenters. The number of nitrogen functional groups attached to an aromatic ring is 1. The van der Waals surface area contributed by atoms with Crippen LogP contribution in [0, 0.1) is 20.8 Å². The Kier molecular flexibility index (Phi) is 3.73. The second-order valence-corrected chi connectivity index (χ2v) is 6.07.